The van der Waals surface area contributed by atoms with Crippen molar-refractivity contribution in [1.29, 1.82) is 0 Å². The SMILES string of the molecule is Cc1ncsc1-c1ccc([C@H](C)NC(=O)[C@@H]2C[C@@H](O)CN2C(=O)C(c2cc(OCCCCC=O)no2)C(C)C)cc1. The van der Waals surface area contributed by atoms with Gasteiger partial charge in [0.05, 0.1) is 34.8 Å². The van der Waals surface area contributed by atoms with Crippen molar-refractivity contribution >= 4 is 29.4 Å². The molecule has 2 N–H and O–H groups in total. The van der Waals surface area contributed by atoms with Gasteiger partial charge < -0.3 is 29.4 Å². The van der Waals surface area contributed by atoms with Gasteiger partial charge in [-0.25, -0.2) is 4.98 Å². The number of aliphatic hydroxyl groups is 1. The number of aliphatic hydroxyl groups excluding tert-OH is 1. The predicted molar refractivity (Wildman–Crippen MR) is 154 cm³/mol. The third-order valence-corrected chi connectivity index (χ3v) is 8.33. The zero-order chi connectivity index (χ0) is 29.5. The number of carbonyl (C=O) groups excluding carboxylic acids is 3. The first-order valence-electron chi connectivity index (χ1n) is 14.0. The summed E-state index contributed by atoms with van der Waals surface area (Å²) in [5.74, 6) is -0.858. The first-order chi connectivity index (χ1) is 19.7. The number of rotatable bonds is 13. The van der Waals surface area contributed by atoms with Crippen LogP contribution in [-0.2, 0) is 14.4 Å². The lowest BCUT2D eigenvalue weighted by atomic mass is 9.91. The minimum absolute atomic E-state index is 0.0612. The highest BCUT2D eigenvalue weighted by Gasteiger charge is 2.43. The highest BCUT2D eigenvalue weighted by atomic mass is 32.1. The van der Waals surface area contributed by atoms with Crippen molar-refractivity contribution in [3.8, 4) is 16.3 Å². The molecule has 4 rings (SSSR count). The number of aldehydes is 1. The first-order valence-corrected chi connectivity index (χ1v) is 14.9. The average Bonchev–Trinajstić information content (AvgIpc) is 3.68. The molecule has 10 nitrogen and oxygen atoms in total. The Morgan fingerprint density at radius 3 is 2.66 bits per heavy atom. The maximum absolute atomic E-state index is 13.8. The molecule has 0 spiro atoms. The molecule has 4 atom stereocenters. The van der Waals surface area contributed by atoms with Crippen LogP contribution in [0.5, 0.6) is 5.88 Å². The van der Waals surface area contributed by atoms with Crippen molar-refractivity contribution in [2.45, 2.75) is 77.5 Å². The molecule has 2 aromatic heterocycles. The van der Waals surface area contributed by atoms with E-state index in [4.69, 9.17) is 9.26 Å². The maximum Gasteiger partial charge on any atom is 0.254 e. The van der Waals surface area contributed by atoms with Crippen molar-refractivity contribution < 1.29 is 28.8 Å². The predicted octanol–water partition coefficient (Wildman–Crippen LogP) is 4.43. The van der Waals surface area contributed by atoms with Crippen molar-refractivity contribution in [3.63, 3.8) is 0 Å². The summed E-state index contributed by atoms with van der Waals surface area (Å²) in [7, 11) is 0. The number of β-amino-alcohol motifs (C(OH)–C–C–N with tert-alkyl or cyclic N) is 1. The van der Waals surface area contributed by atoms with Crippen LogP contribution in [0.2, 0.25) is 0 Å². The standard InChI is InChI=1S/C30H38N4O6S/c1-18(2)27(25-15-26(33-40-25)39-13-7-5-6-12-35)30(38)34-16-23(36)14-24(34)29(37)32-19(3)21-8-10-22(11-9-21)28-20(4)31-17-41-28/h8-12,15,17-19,23-24,27,36H,5-7,13-14,16H2,1-4H3,(H,32,37)/t19-,23+,24-,27?/m0/s1. The number of nitrogens with zero attached hydrogens (tertiary/aromatic N) is 3. The minimum atomic E-state index is -0.809. The van der Waals surface area contributed by atoms with Crippen LogP contribution in [0.1, 0.15) is 75.4 Å². The van der Waals surface area contributed by atoms with Gasteiger partial charge in [0, 0.05) is 25.5 Å². The topological polar surface area (TPSA) is 135 Å². The van der Waals surface area contributed by atoms with E-state index in [0.29, 0.717) is 25.2 Å². The largest absolute Gasteiger partial charge is 0.476 e. The van der Waals surface area contributed by atoms with Crippen molar-refractivity contribution in [2.75, 3.05) is 13.2 Å². The number of unbranched alkanes of at least 4 members (excludes halogenated alkanes) is 2. The van der Waals surface area contributed by atoms with Gasteiger partial charge in [0.15, 0.2) is 5.76 Å². The molecule has 1 fully saturated rings. The summed E-state index contributed by atoms with van der Waals surface area (Å²) < 4.78 is 11.1. The molecule has 0 radical (unpaired) electrons. The van der Waals surface area contributed by atoms with Gasteiger partial charge in [-0.15, -0.1) is 11.3 Å². The quantitative estimate of drug-likeness (QED) is 0.223. The summed E-state index contributed by atoms with van der Waals surface area (Å²) >= 11 is 1.59. The minimum Gasteiger partial charge on any atom is -0.476 e. The maximum atomic E-state index is 13.8. The van der Waals surface area contributed by atoms with E-state index in [2.05, 4.69) is 15.5 Å². The number of hydrogen-bond donors (Lipinski definition) is 2. The second-order valence-electron chi connectivity index (χ2n) is 10.8. The van der Waals surface area contributed by atoms with Crippen LogP contribution in [-0.4, -0.2) is 63.5 Å². The number of nitrogens with one attached hydrogen (secondary N) is 1. The number of carbonyl (C=O) groups is 3. The van der Waals surface area contributed by atoms with Gasteiger partial charge >= 0.3 is 0 Å². The van der Waals surface area contributed by atoms with Gasteiger partial charge in [-0.1, -0.05) is 38.1 Å². The molecule has 2 amide bonds. The number of benzene rings is 1. The molecule has 11 heteroatoms. The van der Waals surface area contributed by atoms with Gasteiger partial charge in [0.2, 0.25) is 11.8 Å². The van der Waals surface area contributed by atoms with E-state index in [-0.39, 0.29) is 42.6 Å². The lowest BCUT2D eigenvalue weighted by Gasteiger charge is -2.29. The fourth-order valence-electron chi connectivity index (χ4n) is 5.11. The number of hydrogen-bond acceptors (Lipinski definition) is 9. The van der Waals surface area contributed by atoms with Crippen LogP contribution < -0.4 is 10.1 Å². The molecule has 3 aromatic rings. The third kappa shape index (κ3) is 7.39. The first kappa shape index (κ1) is 30.4. The van der Waals surface area contributed by atoms with E-state index in [1.807, 2.05) is 57.5 Å². The Balaban J connectivity index is 1.42. The van der Waals surface area contributed by atoms with Crippen LogP contribution in [0, 0.1) is 12.8 Å². The summed E-state index contributed by atoms with van der Waals surface area (Å²) in [5.41, 5.74) is 4.81. The van der Waals surface area contributed by atoms with Crippen LogP contribution >= 0.6 is 11.3 Å². The second-order valence-corrected chi connectivity index (χ2v) is 11.7. The van der Waals surface area contributed by atoms with E-state index >= 15 is 0 Å². The molecule has 3 heterocycles. The fraction of sp³-hybridized carbons (Fsp3) is 0.500. The summed E-state index contributed by atoms with van der Waals surface area (Å²) in [6.45, 7) is 8.11. The monoisotopic (exact) mass is 582 g/mol. The van der Waals surface area contributed by atoms with E-state index in [0.717, 1.165) is 34.4 Å². The highest BCUT2D eigenvalue weighted by Crippen LogP contribution is 2.33. The van der Waals surface area contributed by atoms with Gasteiger partial charge in [-0.3, -0.25) is 9.59 Å². The Labute approximate surface area is 244 Å². The zero-order valence-corrected chi connectivity index (χ0v) is 24.7. The summed E-state index contributed by atoms with van der Waals surface area (Å²) in [5, 5.41) is 17.4. The number of amides is 2. The van der Waals surface area contributed by atoms with E-state index in [1.165, 1.54) is 4.90 Å². The van der Waals surface area contributed by atoms with Gasteiger partial charge in [0.1, 0.15) is 18.2 Å². The second kappa shape index (κ2) is 13.9. The smallest absolute Gasteiger partial charge is 0.254 e. The number of ether oxygens (including phenoxy) is 1. The number of aromatic nitrogens is 2. The van der Waals surface area contributed by atoms with Crippen molar-refractivity contribution in [3.05, 3.63) is 52.9 Å². The Bertz CT molecular complexity index is 1320. The number of likely N-dealkylation sites (tertiary alicyclic amines) is 1. The normalized spacial score (nSPS) is 18.3. The van der Waals surface area contributed by atoms with Crippen LogP contribution in [0.4, 0.5) is 0 Å². The van der Waals surface area contributed by atoms with E-state index in [9.17, 15) is 19.5 Å². The summed E-state index contributed by atoms with van der Waals surface area (Å²) in [6, 6.07) is 8.48. The number of aryl methyl sites for hydroxylation is 1. The molecule has 220 valence electrons. The Kier molecular flexibility index (Phi) is 10.3. The van der Waals surface area contributed by atoms with Gasteiger partial charge in [-0.05, 0) is 48.9 Å². The van der Waals surface area contributed by atoms with E-state index in [1.54, 1.807) is 17.4 Å². The summed E-state index contributed by atoms with van der Waals surface area (Å²) in [4.78, 5) is 44.5. The molecule has 1 aliphatic heterocycles. The molecule has 0 aliphatic carbocycles. The Morgan fingerprint density at radius 2 is 2.00 bits per heavy atom. The molecule has 1 aliphatic rings. The summed E-state index contributed by atoms with van der Waals surface area (Å²) in [6.07, 6.45) is 2.12. The Hall–Kier alpha value is -3.57. The zero-order valence-electron chi connectivity index (χ0n) is 23.9. The van der Waals surface area contributed by atoms with Crippen LogP contribution in [0.15, 0.2) is 40.4 Å². The van der Waals surface area contributed by atoms with Crippen LogP contribution in [0.25, 0.3) is 10.4 Å². The number of thiazole rings is 1. The molecule has 41 heavy (non-hydrogen) atoms. The average molecular weight is 583 g/mol. The molecule has 1 saturated heterocycles. The van der Waals surface area contributed by atoms with Gasteiger partial charge in [-0.2, -0.15) is 0 Å². The fourth-order valence-corrected chi connectivity index (χ4v) is 5.92. The molecular formula is C30H38N4O6S. The molecule has 0 bridgehead atoms. The van der Waals surface area contributed by atoms with Gasteiger partial charge in [0.25, 0.3) is 5.88 Å². The molecule has 1 aromatic carbocycles. The third-order valence-electron chi connectivity index (χ3n) is 7.35. The lowest BCUT2D eigenvalue weighted by Crippen LogP contribution is -2.48. The molecular weight excluding hydrogens is 544 g/mol. The van der Waals surface area contributed by atoms with Crippen molar-refractivity contribution in [1.82, 2.24) is 20.4 Å². The molecule has 0 saturated carbocycles. The molecule has 1 unspecified atom stereocenters. The lowest BCUT2D eigenvalue weighted by molar-refractivity contribution is -0.141. The Morgan fingerprint density at radius 1 is 1.24 bits per heavy atom. The van der Waals surface area contributed by atoms with E-state index < -0.39 is 18.1 Å². The highest BCUT2D eigenvalue weighted by molar-refractivity contribution is 7.13. The van der Waals surface area contributed by atoms with Crippen molar-refractivity contribution in [2.24, 2.45) is 5.92 Å². The van der Waals surface area contributed by atoms with Crippen LogP contribution in [0.3, 0.4) is 0 Å².